The second-order valence-corrected chi connectivity index (χ2v) is 4.92. The molecule has 1 aliphatic rings. The van der Waals surface area contributed by atoms with E-state index >= 15 is 0 Å². The first-order valence-corrected chi connectivity index (χ1v) is 6.28. The van der Waals surface area contributed by atoms with E-state index in [4.69, 9.17) is 4.74 Å². The van der Waals surface area contributed by atoms with E-state index in [0.717, 1.165) is 29.9 Å². The van der Waals surface area contributed by atoms with Crippen LogP contribution in [0.15, 0.2) is 54.6 Å². The van der Waals surface area contributed by atoms with Gasteiger partial charge in [-0.15, -0.1) is 0 Å². The van der Waals surface area contributed by atoms with Crippen LogP contribution in [-0.2, 0) is 6.42 Å². The number of para-hydroxylation sites is 2. The minimum absolute atomic E-state index is 0.490. The summed E-state index contributed by atoms with van der Waals surface area (Å²) in [6.07, 6.45) is 2.47. The van der Waals surface area contributed by atoms with Crippen molar-refractivity contribution in [1.29, 1.82) is 0 Å². The molecule has 0 bridgehead atoms. The zero-order chi connectivity index (χ0) is 12.4. The maximum absolute atomic E-state index is 10.0. The molecule has 92 valence electrons. The van der Waals surface area contributed by atoms with Gasteiger partial charge < -0.3 is 9.84 Å². The van der Waals surface area contributed by atoms with Crippen molar-refractivity contribution < 1.29 is 9.84 Å². The molecule has 0 saturated heterocycles. The highest BCUT2D eigenvalue weighted by Gasteiger charge is 2.40. The predicted molar refractivity (Wildman–Crippen MR) is 70.8 cm³/mol. The number of benzene rings is 2. The number of hydrogen-bond donors (Lipinski definition) is 1. The minimum atomic E-state index is -0.490. The molecular formula is C16H16O2. The summed E-state index contributed by atoms with van der Waals surface area (Å²) >= 11 is 0. The van der Waals surface area contributed by atoms with Gasteiger partial charge >= 0.3 is 0 Å². The lowest BCUT2D eigenvalue weighted by Crippen LogP contribution is -2.11. The Hall–Kier alpha value is -1.80. The molecule has 3 rings (SSSR count). The van der Waals surface area contributed by atoms with Gasteiger partial charge in [-0.25, -0.2) is 0 Å². The molecule has 2 heteroatoms. The fraction of sp³-hybridized carbons (Fsp3) is 0.250. The van der Waals surface area contributed by atoms with Crippen molar-refractivity contribution in [3.8, 4) is 11.5 Å². The van der Waals surface area contributed by atoms with Crippen molar-refractivity contribution in [2.24, 2.45) is 0 Å². The summed E-state index contributed by atoms with van der Waals surface area (Å²) < 4.78 is 5.87. The summed E-state index contributed by atoms with van der Waals surface area (Å²) in [5.74, 6) is 1.66. The van der Waals surface area contributed by atoms with Gasteiger partial charge in [0.1, 0.15) is 11.5 Å². The lowest BCUT2D eigenvalue weighted by molar-refractivity contribution is 0.150. The van der Waals surface area contributed by atoms with Crippen LogP contribution in [-0.4, -0.2) is 10.7 Å². The fourth-order valence-corrected chi connectivity index (χ4v) is 2.04. The van der Waals surface area contributed by atoms with E-state index in [1.165, 1.54) is 0 Å². The Kier molecular flexibility index (Phi) is 2.80. The largest absolute Gasteiger partial charge is 0.457 e. The molecule has 0 radical (unpaired) electrons. The normalized spacial score (nSPS) is 16.3. The third kappa shape index (κ3) is 2.54. The van der Waals surface area contributed by atoms with Crippen LogP contribution in [0.5, 0.6) is 11.5 Å². The van der Waals surface area contributed by atoms with Gasteiger partial charge in [-0.3, -0.25) is 0 Å². The average molecular weight is 240 g/mol. The van der Waals surface area contributed by atoms with E-state index in [2.05, 4.69) is 0 Å². The quantitative estimate of drug-likeness (QED) is 0.885. The van der Waals surface area contributed by atoms with E-state index in [-0.39, 0.29) is 0 Å². The maximum atomic E-state index is 10.0. The second kappa shape index (κ2) is 4.46. The van der Waals surface area contributed by atoms with Crippen molar-refractivity contribution in [3.63, 3.8) is 0 Å². The smallest absolute Gasteiger partial charge is 0.130 e. The highest BCUT2D eigenvalue weighted by atomic mass is 16.5. The van der Waals surface area contributed by atoms with Crippen molar-refractivity contribution in [2.75, 3.05) is 0 Å². The molecule has 1 aliphatic carbocycles. The molecule has 0 amide bonds. The van der Waals surface area contributed by atoms with Crippen LogP contribution in [0.1, 0.15) is 18.4 Å². The summed E-state index contributed by atoms with van der Waals surface area (Å²) in [7, 11) is 0. The average Bonchev–Trinajstić information content (AvgIpc) is 3.11. The van der Waals surface area contributed by atoms with Gasteiger partial charge in [0.15, 0.2) is 0 Å². The van der Waals surface area contributed by atoms with Crippen molar-refractivity contribution >= 4 is 0 Å². The van der Waals surface area contributed by atoms with Crippen LogP contribution in [0.4, 0.5) is 0 Å². The monoisotopic (exact) mass is 240 g/mol. The van der Waals surface area contributed by atoms with Crippen LogP contribution in [0.25, 0.3) is 0 Å². The molecule has 2 aromatic carbocycles. The summed E-state index contributed by atoms with van der Waals surface area (Å²) in [6.45, 7) is 0. The third-order valence-corrected chi connectivity index (χ3v) is 3.29. The third-order valence-electron chi connectivity index (χ3n) is 3.29. The highest BCUT2D eigenvalue weighted by molar-refractivity contribution is 5.39. The van der Waals surface area contributed by atoms with Crippen LogP contribution in [0.2, 0.25) is 0 Å². The Balaban J connectivity index is 1.83. The van der Waals surface area contributed by atoms with Crippen molar-refractivity contribution in [2.45, 2.75) is 24.9 Å². The first-order chi connectivity index (χ1) is 8.75. The molecule has 0 unspecified atom stereocenters. The zero-order valence-electron chi connectivity index (χ0n) is 10.2. The second-order valence-electron chi connectivity index (χ2n) is 4.92. The molecule has 1 fully saturated rings. The lowest BCUT2D eigenvalue weighted by atomic mass is 10.1. The van der Waals surface area contributed by atoms with Gasteiger partial charge in [-0.1, -0.05) is 36.4 Å². The van der Waals surface area contributed by atoms with Crippen LogP contribution in [0.3, 0.4) is 0 Å². The number of hydrogen-bond acceptors (Lipinski definition) is 2. The van der Waals surface area contributed by atoms with Gasteiger partial charge in [0, 0.05) is 6.42 Å². The van der Waals surface area contributed by atoms with Crippen LogP contribution < -0.4 is 4.74 Å². The van der Waals surface area contributed by atoms with E-state index in [0.29, 0.717) is 6.42 Å². The van der Waals surface area contributed by atoms with Crippen LogP contribution in [0, 0.1) is 0 Å². The number of aliphatic hydroxyl groups is 1. The highest BCUT2D eigenvalue weighted by Crippen LogP contribution is 2.40. The molecule has 0 atom stereocenters. The number of ether oxygens (including phenoxy) is 1. The molecule has 0 aromatic heterocycles. The first kappa shape index (κ1) is 11.3. The number of rotatable bonds is 4. The summed E-state index contributed by atoms with van der Waals surface area (Å²) in [6, 6.07) is 17.6. The fourth-order valence-electron chi connectivity index (χ4n) is 2.04. The summed E-state index contributed by atoms with van der Waals surface area (Å²) in [5, 5.41) is 10.0. The van der Waals surface area contributed by atoms with E-state index < -0.39 is 5.60 Å². The van der Waals surface area contributed by atoms with Gasteiger partial charge in [-0.2, -0.15) is 0 Å². The lowest BCUT2D eigenvalue weighted by Gasteiger charge is -2.13. The standard InChI is InChI=1S/C16H16O2/c17-16(10-11-16)12-13-6-4-5-9-15(13)18-14-7-2-1-3-8-14/h1-9,17H,10-12H2. The molecule has 2 nitrogen and oxygen atoms in total. The van der Waals surface area contributed by atoms with Crippen molar-refractivity contribution in [3.05, 3.63) is 60.2 Å². The van der Waals surface area contributed by atoms with E-state index in [9.17, 15) is 5.11 Å². The Bertz CT molecular complexity index is 530. The molecule has 0 spiro atoms. The van der Waals surface area contributed by atoms with Gasteiger partial charge in [-0.05, 0) is 36.6 Å². The topological polar surface area (TPSA) is 29.5 Å². The van der Waals surface area contributed by atoms with Gasteiger partial charge in [0.25, 0.3) is 0 Å². The Morgan fingerprint density at radius 3 is 2.33 bits per heavy atom. The molecular weight excluding hydrogens is 224 g/mol. The summed E-state index contributed by atoms with van der Waals surface area (Å²) in [5.41, 5.74) is 0.581. The SMILES string of the molecule is OC1(Cc2ccccc2Oc2ccccc2)CC1. The van der Waals surface area contributed by atoms with Crippen LogP contribution >= 0.6 is 0 Å². The zero-order valence-corrected chi connectivity index (χ0v) is 10.2. The molecule has 1 saturated carbocycles. The Labute approximate surface area is 107 Å². The molecule has 18 heavy (non-hydrogen) atoms. The maximum Gasteiger partial charge on any atom is 0.130 e. The molecule has 0 heterocycles. The van der Waals surface area contributed by atoms with E-state index in [1.807, 2.05) is 54.6 Å². The van der Waals surface area contributed by atoms with E-state index in [1.54, 1.807) is 0 Å². The Morgan fingerprint density at radius 2 is 1.61 bits per heavy atom. The first-order valence-electron chi connectivity index (χ1n) is 6.28. The van der Waals surface area contributed by atoms with Crippen molar-refractivity contribution in [1.82, 2.24) is 0 Å². The molecule has 2 aromatic rings. The molecule has 0 aliphatic heterocycles. The Morgan fingerprint density at radius 1 is 0.944 bits per heavy atom. The minimum Gasteiger partial charge on any atom is -0.457 e. The summed E-state index contributed by atoms with van der Waals surface area (Å²) in [4.78, 5) is 0. The molecule has 1 N–H and O–H groups in total. The predicted octanol–water partition coefficient (Wildman–Crippen LogP) is 3.55. The van der Waals surface area contributed by atoms with Gasteiger partial charge in [0.2, 0.25) is 0 Å². The van der Waals surface area contributed by atoms with Gasteiger partial charge in [0.05, 0.1) is 5.60 Å².